The molecule has 2 aliphatic rings. The van der Waals surface area contributed by atoms with Crippen molar-refractivity contribution in [2.24, 2.45) is 5.92 Å². The summed E-state index contributed by atoms with van der Waals surface area (Å²) in [5.74, 6) is 3.07. The fraction of sp³-hybridized carbons (Fsp3) is 0.393. The van der Waals surface area contributed by atoms with Crippen LogP contribution in [0.15, 0.2) is 65.4 Å². The molecule has 2 atom stereocenters. The quantitative estimate of drug-likeness (QED) is 0.410. The molecule has 3 aromatic heterocycles. The summed E-state index contributed by atoms with van der Waals surface area (Å²) in [6.07, 6.45) is 6.08. The van der Waals surface area contributed by atoms with Crippen LogP contribution in [0, 0.1) is 12.8 Å². The Labute approximate surface area is 211 Å². The number of aryl methyl sites for hydroxylation is 1. The molecule has 2 aliphatic heterocycles. The number of nitrogens with zero attached hydrogens (tertiary/aromatic N) is 5. The van der Waals surface area contributed by atoms with Gasteiger partial charge in [0.1, 0.15) is 5.82 Å². The maximum absolute atomic E-state index is 6.08. The van der Waals surface area contributed by atoms with Gasteiger partial charge >= 0.3 is 0 Å². The van der Waals surface area contributed by atoms with Crippen molar-refractivity contribution in [1.29, 1.82) is 0 Å². The maximum atomic E-state index is 6.08. The fourth-order valence-electron chi connectivity index (χ4n) is 5.26. The van der Waals surface area contributed by atoms with Crippen molar-refractivity contribution in [3.05, 3.63) is 72.1 Å². The van der Waals surface area contributed by atoms with Crippen LogP contribution in [0.1, 0.15) is 24.0 Å². The Balaban J connectivity index is 0.974. The largest absolute Gasteiger partial charge is 0.477 e. The molecule has 6 rings (SSSR count). The first kappa shape index (κ1) is 22.8. The third-order valence-corrected chi connectivity index (χ3v) is 7.31. The molecule has 8 nitrogen and oxygen atoms in total. The number of hydrogen-bond acceptors (Lipinski definition) is 8. The maximum Gasteiger partial charge on any atom is 0.213 e. The predicted octanol–water partition coefficient (Wildman–Crippen LogP) is 4.52. The minimum atomic E-state index is 0.524. The summed E-state index contributed by atoms with van der Waals surface area (Å²) in [4.78, 5) is 13.9. The van der Waals surface area contributed by atoms with Crippen molar-refractivity contribution >= 4 is 22.6 Å². The van der Waals surface area contributed by atoms with E-state index in [4.69, 9.17) is 9.26 Å². The Hall–Kier alpha value is -3.65. The monoisotopic (exact) mass is 484 g/mol. The van der Waals surface area contributed by atoms with E-state index in [2.05, 4.69) is 48.4 Å². The number of nitrogens with one attached hydrogen (secondary N) is 1. The molecule has 8 heteroatoms. The Morgan fingerprint density at radius 1 is 1.00 bits per heavy atom. The van der Waals surface area contributed by atoms with E-state index in [1.165, 1.54) is 12.8 Å². The summed E-state index contributed by atoms with van der Waals surface area (Å²) in [6, 6.07) is 16.7. The lowest BCUT2D eigenvalue weighted by atomic mass is 9.91. The molecule has 0 radical (unpaired) electrons. The molecule has 1 N–H and O–H groups in total. The topological polar surface area (TPSA) is 79.5 Å². The lowest BCUT2D eigenvalue weighted by Crippen LogP contribution is -2.57. The molecule has 2 saturated heterocycles. The SMILES string of the molecule is Cc1ccc(NCc2ccc(OC[C@H]3CC[C@H]4CN(c5noc6ccccc56)CCN4C3)nc2)nc1. The first-order valence-corrected chi connectivity index (χ1v) is 12.8. The lowest BCUT2D eigenvalue weighted by Gasteiger charge is -2.46. The number of hydrogen-bond donors (Lipinski definition) is 1. The van der Waals surface area contributed by atoms with Gasteiger partial charge in [-0.3, -0.25) is 4.90 Å². The van der Waals surface area contributed by atoms with Crippen molar-refractivity contribution in [1.82, 2.24) is 20.0 Å². The van der Waals surface area contributed by atoms with Crippen LogP contribution in [-0.4, -0.2) is 58.9 Å². The number of piperidine rings is 1. The van der Waals surface area contributed by atoms with Crippen LogP contribution in [0.2, 0.25) is 0 Å². The number of fused-ring (bicyclic) bond motifs is 2. The number of benzene rings is 1. The fourth-order valence-corrected chi connectivity index (χ4v) is 5.26. The molecule has 5 heterocycles. The standard InChI is InChI=1S/C28H32N6O2/c1-20-6-10-26(29-14-20)30-15-21-8-11-27(31-16-21)35-19-22-7-9-23-18-34(13-12-33(23)17-22)28-24-4-2-3-5-25(24)36-32-28/h2-6,8,10-11,14,16,22-23H,7,9,12-13,15,17-19H2,1H3,(H,29,30)/t22-,23-/m0/s1. The van der Waals surface area contributed by atoms with Gasteiger partial charge in [0, 0.05) is 63.1 Å². The third-order valence-electron chi connectivity index (χ3n) is 7.31. The molecule has 0 saturated carbocycles. The van der Waals surface area contributed by atoms with Crippen LogP contribution in [0.3, 0.4) is 0 Å². The molecule has 0 aliphatic carbocycles. The average molecular weight is 485 g/mol. The van der Waals surface area contributed by atoms with Gasteiger partial charge in [0.2, 0.25) is 5.88 Å². The number of piperazine rings is 1. The number of rotatable bonds is 7. The summed E-state index contributed by atoms with van der Waals surface area (Å²) >= 11 is 0. The Bertz CT molecular complexity index is 1290. The number of para-hydroxylation sites is 1. The molecular formula is C28H32N6O2. The van der Waals surface area contributed by atoms with Gasteiger partial charge in [0.05, 0.1) is 12.0 Å². The summed E-state index contributed by atoms with van der Waals surface area (Å²) in [6.45, 7) is 7.51. The van der Waals surface area contributed by atoms with Crippen LogP contribution in [0.25, 0.3) is 11.0 Å². The molecule has 2 fully saturated rings. The van der Waals surface area contributed by atoms with E-state index in [-0.39, 0.29) is 0 Å². The number of anilines is 2. The zero-order chi connectivity index (χ0) is 24.3. The van der Waals surface area contributed by atoms with Crippen molar-refractivity contribution < 1.29 is 9.26 Å². The highest BCUT2D eigenvalue weighted by Crippen LogP contribution is 2.31. The Morgan fingerprint density at radius 3 is 2.81 bits per heavy atom. The summed E-state index contributed by atoms with van der Waals surface area (Å²) in [5, 5.41) is 8.80. The molecule has 0 bridgehead atoms. The van der Waals surface area contributed by atoms with E-state index in [1.54, 1.807) is 0 Å². The first-order chi connectivity index (χ1) is 17.7. The van der Waals surface area contributed by atoms with Gasteiger partial charge in [-0.05, 0) is 49.1 Å². The molecule has 36 heavy (non-hydrogen) atoms. The average Bonchev–Trinajstić information content (AvgIpc) is 3.36. The second-order valence-electron chi connectivity index (χ2n) is 9.93. The van der Waals surface area contributed by atoms with E-state index in [9.17, 15) is 0 Å². The van der Waals surface area contributed by atoms with Gasteiger partial charge in [0.15, 0.2) is 11.4 Å². The van der Waals surface area contributed by atoms with Crippen LogP contribution in [0.5, 0.6) is 5.88 Å². The van der Waals surface area contributed by atoms with Gasteiger partial charge in [-0.1, -0.05) is 29.4 Å². The molecule has 0 amide bonds. The zero-order valence-corrected chi connectivity index (χ0v) is 20.6. The van der Waals surface area contributed by atoms with Crippen molar-refractivity contribution in [2.45, 2.75) is 32.4 Å². The normalized spacial score (nSPS) is 20.3. The lowest BCUT2D eigenvalue weighted by molar-refractivity contribution is 0.0717. The van der Waals surface area contributed by atoms with E-state index < -0.39 is 0 Å². The Kier molecular flexibility index (Phi) is 6.42. The van der Waals surface area contributed by atoms with Crippen LogP contribution in [0.4, 0.5) is 11.6 Å². The second kappa shape index (κ2) is 10.1. The molecule has 186 valence electrons. The van der Waals surface area contributed by atoms with Crippen molar-refractivity contribution in [2.75, 3.05) is 43.0 Å². The van der Waals surface area contributed by atoms with Crippen molar-refractivity contribution in [3.8, 4) is 5.88 Å². The predicted molar refractivity (Wildman–Crippen MR) is 140 cm³/mol. The summed E-state index contributed by atoms with van der Waals surface area (Å²) < 4.78 is 11.6. The van der Waals surface area contributed by atoms with Gasteiger partial charge < -0.3 is 19.5 Å². The zero-order valence-electron chi connectivity index (χ0n) is 20.6. The van der Waals surface area contributed by atoms with Gasteiger partial charge in [-0.25, -0.2) is 9.97 Å². The van der Waals surface area contributed by atoms with Crippen LogP contribution < -0.4 is 15.0 Å². The number of pyridine rings is 2. The van der Waals surface area contributed by atoms with Gasteiger partial charge in [-0.15, -0.1) is 0 Å². The number of aromatic nitrogens is 3. The van der Waals surface area contributed by atoms with Crippen LogP contribution in [-0.2, 0) is 6.54 Å². The number of ether oxygens (including phenoxy) is 1. The summed E-state index contributed by atoms with van der Waals surface area (Å²) in [7, 11) is 0. The molecule has 0 unspecified atom stereocenters. The highest BCUT2D eigenvalue weighted by Gasteiger charge is 2.34. The van der Waals surface area contributed by atoms with E-state index >= 15 is 0 Å². The smallest absolute Gasteiger partial charge is 0.213 e. The van der Waals surface area contributed by atoms with E-state index in [1.807, 2.05) is 49.6 Å². The minimum absolute atomic E-state index is 0.524. The summed E-state index contributed by atoms with van der Waals surface area (Å²) in [5.41, 5.74) is 3.11. The van der Waals surface area contributed by atoms with E-state index in [0.29, 0.717) is 31.0 Å². The highest BCUT2D eigenvalue weighted by atomic mass is 16.5. The third kappa shape index (κ3) is 4.99. The second-order valence-corrected chi connectivity index (χ2v) is 9.93. The molecule has 0 spiro atoms. The minimum Gasteiger partial charge on any atom is -0.477 e. The molecule has 4 aromatic rings. The van der Waals surface area contributed by atoms with Crippen molar-refractivity contribution in [3.63, 3.8) is 0 Å². The van der Waals surface area contributed by atoms with Crippen LogP contribution >= 0.6 is 0 Å². The van der Waals surface area contributed by atoms with E-state index in [0.717, 1.165) is 59.9 Å². The highest BCUT2D eigenvalue weighted by molar-refractivity contribution is 5.88. The first-order valence-electron chi connectivity index (χ1n) is 12.8. The molecule has 1 aromatic carbocycles. The van der Waals surface area contributed by atoms with Gasteiger partial charge in [-0.2, -0.15) is 0 Å². The van der Waals surface area contributed by atoms with Gasteiger partial charge in [0.25, 0.3) is 0 Å². The Morgan fingerprint density at radius 2 is 1.94 bits per heavy atom. The molecular weight excluding hydrogens is 452 g/mol.